The van der Waals surface area contributed by atoms with Crippen molar-refractivity contribution in [3.8, 4) is 0 Å². The van der Waals surface area contributed by atoms with Gasteiger partial charge in [-0.1, -0.05) is 19.1 Å². The lowest BCUT2D eigenvalue weighted by Gasteiger charge is -2.14. The molecular weight excluding hydrogens is 210 g/mol. The molecule has 5 heteroatoms. The van der Waals surface area contributed by atoms with Crippen LogP contribution in [0.5, 0.6) is 0 Å². The molecule has 1 amide bonds. The van der Waals surface area contributed by atoms with Crippen LogP contribution in [0, 0.1) is 0 Å². The molecule has 1 rings (SSSR count). The van der Waals surface area contributed by atoms with Gasteiger partial charge in [0, 0.05) is 12.4 Å². The zero-order valence-electron chi connectivity index (χ0n) is 8.43. The van der Waals surface area contributed by atoms with Crippen molar-refractivity contribution in [2.24, 2.45) is 5.73 Å². The van der Waals surface area contributed by atoms with Crippen LogP contribution >= 0.6 is 12.2 Å². The van der Waals surface area contributed by atoms with Gasteiger partial charge in [-0.05, 0) is 18.6 Å². The molecule has 0 saturated carbocycles. The number of aromatic nitrogens is 1. The van der Waals surface area contributed by atoms with Gasteiger partial charge < -0.3 is 11.1 Å². The number of carbonyl (C=O) groups is 1. The topological polar surface area (TPSA) is 68.0 Å². The lowest BCUT2D eigenvalue weighted by atomic mass is 10.2. The molecule has 80 valence electrons. The van der Waals surface area contributed by atoms with Gasteiger partial charge in [0.2, 0.25) is 0 Å². The first-order valence-corrected chi connectivity index (χ1v) is 5.06. The fourth-order valence-electron chi connectivity index (χ4n) is 1.11. The van der Waals surface area contributed by atoms with Crippen molar-refractivity contribution in [1.29, 1.82) is 0 Å². The van der Waals surface area contributed by atoms with Crippen molar-refractivity contribution >= 4 is 23.1 Å². The normalized spacial score (nSPS) is 11.8. The van der Waals surface area contributed by atoms with Gasteiger partial charge in [-0.15, -0.1) is 0 Å². The van der Waals surface area contributed by atoms with Crippen LogP contribution in [0.2, 0.25) is 0 Å². The first kappa shape index (κ1) is 11.6. The summed E-state index contributed by atoms with van der Waals surface area (Å²) in [7, 11) is 0. The SMILES string of the molecule is CCC(NC(=O)c1cccnc1)C(N)=S. The summed E-state index contributed by atoms with van der Waals surface area (Å²) >= 11 is 4.83. The van der Waals surface area contributed by atoms with Crippen molar-refractivity contribution in [1.82, 2.24) is 10.3 Å². The average molecular weight is 223 g/mol. The van der Waals surface area contributed by atoms with E-state index in [1.54, 1.807) is 18.3 Å². The number of nitrogens with two attached hydrogens (primary N) is 1. The Kier molecular flexibility index (Phi) is 4.17. The van der Waals surface area contributed by atoms with Gasteiger partial charge in [0.25, 0.3) is 5.91 Å². The summed E-state index contributed by atoms with van der Waals surface area (Å²) in [5.41, 5.74) is 5.98. The fraction of sp³-hybridized carbons (Fsp3) is 0.300. The van der Waals surface area contributed by atoms with E-state index in [2.05, 4.69) is 10.3 Å². The third-order valence-electron chi connectivity index (χ3n) is 1.98. The molecule has 1 aromatic heterocycles. The summed E-state index contributed by atoms with van der Waals surface area (Å²) in [6.07, 6.45) is 3.80. The molecule has 0 aromatic carbocycles. The van der Waals surface area contributed by atoms with Crippen molar-refractivity contribution < 1.29 is 4.79 Å². The maximum Gasteiger partial charge on any atom is 0.253 e. The first-order chi connectivity index (χ1) is 7.15. The molecule has 0 saturated heterocycles. The minimum atomic E-state index is -0.257. The number of nitrogens with zero attached hydrogens (tertiary/aromatic N) is 1. The number of pyridine rings is 1. The minimum absolute atomic E-state index is 0.206. The third kappa shape index (κ3) is 3.28. The molecule has 1 aromatic rings. The molecule has 0 spiro atoms. The Bertz CT molecular complexity index is 353. The maximum absolute atomic E-state index is 11.7. The van der Waals surface area contributed by atoms with Gasteiger partial charge in [0.1, 0.15) is 0 Å². The highest BCUT2D eigenvalue weighted by atomic mass is 32.1. The summed E-state index contributed by atoms with van der Waals surface area (Å²) in [5.74, 6) is -0.206. The van der Waals surface area contributed by atoms with Crippen LogP contribution in [0.25, 0.3) is 0 Å². The van der Waals surface area contributed by atoms with Crippen LogP contribution < -0.4 is 11.1 Å². The Morgan fingerprint density at radius 1 is 1.73 bits per heavy atom. The van der Waals surface area contributed by atoms with E-state index in [1.807, 2.05) is 6.92 Å². The zero-order valence-corrected chi connectivity index (χ0v) is 9.25. The fourth-order valence-corrected chi connectivity index (χ4v) is 1.34. The predicted octanol–water partition coefficient (Wildman–Crippen LogP) is 0.876. The Morgan fingerprint density at radius 3 is 2.93 bits per heavy atom. The summed E-state index contributed by atoms with van der Waals surface area (Å²) < 4.78 is 0. The molecule has 3 N–H and O–H groups in total. The second-order valence-corrected chi connectivity index (χ2v) is 3.55. The van der Waals surface area contributed by atoms with Crippen LogP contribution in [0.1, 0.15) is 23.7 Å². The first-order valence-electron chi connectivity index (χ1n) is 4.65. The van der Waals surface area contributed by atoms with E-state index in [4.69, 9.17) is 18.0 Å². The molecule has 0 aliphatic rings. The Labute approximate surface area is 93.9 Å². The van der Waals surface area contributed by atoms with Gasteiger partial charge in [-0.25, -0.2) is 0 Å². The van der Waals surface area contributed by atoms with E-state index >= 15 is 0 Å². The summed E-state index contributed by atoms with van der Waals surface area (Å²) in [6, 6.07) is 3.14. The molecule has 0 fully saturated rings. The van der Waals surface area contributed by atoms with E-state index in [0.717, 1.165) is 0 Å². The lowest BCUT2D eigenvalue weighted by Crippen LogP contribution is -2.43. The van der Waals surface area contributed by atoms with Crippen molar-refractivity contribution in [3.63, 3.8) is 0 Å². The monoisotopic (exact) mass is 223 g/mol. The molecule has 0 radical (unpaired) electrons. The van der Waals surface area contributed by atoms with Gasteiger partial charge in [-0.3, -0.25) is 9.78 Å². The van der Waals surface area contributed by atoms with Gasteiger partial charge in [0.15, 0.2) is 0 Å². The van der Waals surface area contributed by atoms with E-state index < -0.39 is 0 Å². The number of hydrogen-bond donors (Lipinski definition) is 2. The quantitative estimate of drug-likeness (QED) is 0.743. The van der Waals surface area contributed by atoms with Gasteiger partial charge in [0.05, 0.1) is 16.6 Å². The highest BCUT2D eigenvalue weighted by molar-refractivity contribution is 7.80. The Morgan fingerprint density at radius 2 is 2.47 bits per heavy atom. The zero-order chi connectivity index (χ0) is 11.3. The summed E-state index contributed by atoms with van der Waals surface area (Å²) in [4.78, 5) is 15.8. The van der Waals surface area contributed by atoms with E-state index in [0.29, 0.717) is 17.0 Å². The molecule has 0 aliphatic heterocycles. The number of rotatable bonds is 4. The molecule has 1 unspecified atom stereocenters. The van der Waals surface area contributed by atoms with Crippen LogP contribution in [0.3, 0.4) is 0 Å². The van der Waals surface area contributed by atoms with E-state index in [-0.39, 0.29) is 11.9 Å². The standard InChI is InChI=1S/C10H13N3OS/c1-2-8(9(11)15)13-10(14)7-4-3-5-12-6-7/h3-6,8H,2H2,1H3,(H2,11,15)(H,13,14). The molecule has 1 atom stereocenters. The summed E-state index contributed by atoms with van der Waals surface area (Å²) in [5, 5.41) is 2.74. The van der Waals surface area contributed by atoms with E-state index in [1.165, 1.54) is 6.20 Å². The minimum Gasteiger partial charge on any atom is -0.392 e. The second-order valence-electron chi connectivity index (χ2n) is 3.08. The average Bonchev–Trinajstić information content (AvgIpc) is 2.26. The van der Waals surface area contributed by atoms with Gasteiger partial charge in [-0.2, -0.15) is 0 Å². The number of thiocarbonyl (C=S) groups is 1. The molecule has 15 heavy (non-hydrogen) atoms. The van der Waals surface area contributed by atoms with E-state index in [9.17, 15) is 4.79 Å². The Hall–Kier alpha value is -1.49. The lowest BCUT2D eigenvalue weighted by molar-refractivity contribution is 0.0946. The number of nitrogens with one attached hydrogen (secondary N) is 1. The number of hydrogen-bond acceptors (Lipinski definition) is 3. The molecular formula is C10H13N3OS. The van der Waals surface area contributed by atoms with Crippen molar-refractivity contribution in [2.75, 3.05) is 0 Å². The number of amides is 1. The summed E-state index contributed by atoms with van der Waals surface area (Å²) in [6.45, 7) is 1.91. The van der Waals surface area contributed by atoms with Crippen LogP contribution in [-0.2, 0) is 0 Å². The second kappa shape index (κ2) is 5.41. The highest BCUT2D eigenvalue weighted by Gasteiger charge is 2.13. The van der Waals surface area contributed by atoms with Crippen LogP contribution in [-0.4, -0.2) is 21.9 Å². The van der Waals surface area contributed by atoms with Crippen LogP contribution in [0.4, 0.5) is 0 Å². The van der Waals surface area contributed by atoms with Crippen molar-refractivity contribution in [2.45, 2.75) is 19.4 Å². The van der Waals surface area contributed by atoms with Gasteiger partial charge >= 0.3 is 0 Å². The van der Waals surface area contributed by atoms with Crippen LogP contribution in [0.15, 0.2) is 24.5 Å². The molecule has 0 aliphatic carbocycles. The molecule has 4 nitrogen and oxygen atoms in total. The smallest absolute Gasteiger partial charge is 0.253 e. The maximum atomic E-state index is 11.7. The van der Waals surface area contributed by atoms with Crippen molar-refractivity contribution in [3.05, 3.63) is 30.1 Å². The predicted molar refractivity (Wildman–Crippen MR) is 62.6 cm³/mol. The highest BCUT2D eigenvalue weighted by Crippen LogP contribution is 1.98. The number of carbonyl (C=O) groups excluding carboxylic acids is 1. The Balaban J connectivity index is 2.67. The molecule has 1 heterocycles. The molecule has 0 bridgehead atoms. The third-order valence-corrected chi connectivity index (χ3v) is 2.27. The largest absolute Gasteiger partial charge is 0.392 e.